The third kappa shape index (κ3) is 2.99. The molecule has 1 aromatic heterocycles. The van der Waals surface area contributed by atoms with Crippen LogP contribution in [0.15, 0.2) is 0 Å². The van der Waals surface area contributed by atoms with Crippen LogP contribution < -0.4 is 10.6 Å². The fraction of sp³-hybridized carbons (Fsp3) is 0.833. The molecule has 2 rings (SSSR count). The summed E-state index contributed by atoms with van der Waals surface area (Å²) in [4.78, 5) is 6.85. The number of rotatable bonds is 3. The van der Waals surface area contributed by atoms with Gasteiger partial charge < -0.3 is 15.4 Å². The summed E-state index contributed by atoms with van der Waals surface area (Å²) in [7, 11) is 0. The van der Waals surface area contributed by atoms with E-state index in [0.29, 0.717) is 12.5 Å². The van der Waals surface area contributed by atoms with Crippen molar-refractivity contribution in [2.24, 2.45) is 5.73 Å². The first kappa shape index (κ1) is 13.7. The third-order valence-corrected chi connectivity index (χ3v) is 3.75. The molecule has 2 heterocycles. The van der Waals surface area contributed by atoms with Crippen LogP contribution in [0.2, 0.25) is 0 Å². The molecule has 0 radical (unpaired) electrons. The molecule has 1 aliphatic rings. The van der Waals surface area contributed by atoms with Gasteiger partial charge in [0.1, 0.15) is 5.82 Å². The molecular weight excluding hydrogens is 248 g/mol. The second-order valence-electron chi connectivity index (χ2n) is 5.71. The van der Waals surface area contributed by atoms with E-state index in [2.05, 4.69) is 42.0 Å². The average Bonchev–Trinajstić information content (AvgIpc) is 2.76. The Hall–Kier alpha value is -0.720. The molecule has 0 spiro atoms. The van der Waals surface area contributed by atoms with Crippen molar-refractivity contribution >= 4 is 16.7 Å². The molecular formula is C12H22N4OS. The van der Waals surface area contributed by atoms with Crippen LogP contribution >= 0.6 is 11.5 Å². The zero-order chi connectivity index (χ0) is 13.3. The van der Waals surface area contributed by atoms with Crippen LogP contribution in [0.4, 0.5) is 5.13 Å². The van der Waals surface area contributed by atoms with Gasteiger partial charge in [0.2, 0.25) is 5.13 Å². The monoisotopic (exact) mass is 270 g/mol. The van der Waals surface area contributed by atoms with Crippen LogP contribution in [-0.2, 0) is 4.74 Å². The first-order valence-corrected chi connectivity index (χ1v) is 7.15. The molecule has 0 aromatic carbocycles. The van der Waals surface area contributed by atoms with Crippen molar-refractivity contribution in [3.8, 4) is 0 Å². The van der Waals surface area contributed by atoms with E-state index in [0.717, 1.165) is 24.0 Å². The molecule has 5 nitrogen and oxygen atoms in total. The van der Waals surface area contributed by atoms with Crippen LogP contribution in [0.25, 0.3) is 0 Å². The molecule has 0 aliphatic carbocycles. The molecule has 1 unspecified atom stereocenters. The van der Waals surface area contributed by atoms with E-state index in [9.17, 15) is 0 Å². The maximum Gasteiger partial charge on any atom is 0.205 e. The normalized spacial score (nSPS) is 23.7. The minimum Gasteiger partial charge on any atom is -0.367 e. The number of nitrogens with two attached hydrogens (primary N) is 1. The molecule has 1 aliphatic heterocycles. The number of hydrogen-bond acceptors (Lipinski definition) is 6. The second-order valence-corrected chi connectivity index (χ2v) is 6.44. The van der Waals surface area contributed by atoms with E-state index in [1.54, 1.807) is 0 Å². The van der Waals surface area contributed by atoms with Gasteiger partial charge in [-0.1, -0.05) is 13.8 Å². The van der Waals surface area contributed by atoms with Crippen LogP contribution in [0, 0.1) is 0 Å². The number of ether oxygens (including phenoxy) is 1. The minimum absolute atomic E-state index is 0.0696. The molecule has 1 atom stereocenters. The lowest BCUT2D eigenvalue weighted by molar-refractivity contribution is -0.0788. The Morgan fingerprint density at radius 1 is 1.56 bits per heavy atom. The standard InChI is InChI=1S/C12H22N4OS/c1-8(2)10-14-11(18-15-10)16-6-9(5-13)17-12(3,4)7-16/h8-9H,5-7,13H2,1-4H3. The van der Waals surface area contributed by atoms with Crippen LogP contribution in [0.3, 0.4) is 0 Å². The molecule has 0 bridgehead atoms. The Morgan fingerprint density at radius 2 is 2.28 bits per heavy atom. The van der Waals surface area contributed by atoms with Crippen molar-refractivity contribution in [2.75, 3.05) is 24.5 Å². The van der Waals surface area contributed by atoms with Crippen molar-refractivity contribution in [1.82, 2.24) is 9.36 Å². The van der Waals surface area contributed by atoms with Gasteiger partial charge in [-0.05, 0) is 13.8 Å². The van der Waals surface area contributed by atoms with E-state index in [-0.39, 0.29) is 11.7 Å². The van der Waals surface area contributed by atoms with Gasteiger partial charge in [0.05, 0.1) is 11.7 Å². The number of aromatic nitrogens is 2. The van der Waals surface area contributed by atoms with E-state index in [4.69, 9.17) is 10.5 Å². The average molecular weight is 270 g/mol. The fourth-order valence-electron chi connectivity index (χ4n) is 2.15. The van der Waals surface area contributed by atoms with Crippen LogP contribution in [0.5, 0.6) is 0 Å². The summed E-state index contributed by atoms with van der Waals surface area (Å²) < 4.78 is 10.3. The minimum atomic E-state index is -0.189. The van der Waals surface area contributed by atoms with Gasteiger partial charge in [0.15, 0.2) is 0 Å². The Balaban J connectivity index is 2.15. The van der Waals surface area contributed by atoms with Crippen molar-refractivity contribution in [1.29, 1.82) is 0 Å². The van der Waals surface area contributed by atoms with E-state index < -0.39 is 0 Å². The summed E-state index contributed by atoms with van der Waals surface area (Å²) in [5.41, 5.74) is 5.55. The van der Waals surface area contributed by atoms with Gasteiger partial charge >= 0.3 is 0 Å². The Morgan fingerprint density at radius 3 is 2.83 bits per heavy atom. The molecule has 1 aromatic rings. The SMILES string of the molecule is CC(C)c1nsc(N2CC(CN)OC(C)(C)C2)n1. The highest BCUT2D eigenvalue weighted by atomic mass is 32.1. The Kier molecular flexibility index (Phi) is 3.89. The predicted molar refractivity (Wildman–Crippen MR) is 74.2 cm³/mol. The zero-order valence-electron chi connectivity index (χ0n) is 11.5. The highest BCUT2D eigenvalue weighted by Gasteiger charge is 2.34. The van der Waals surface area contributed by atoms with Gasteiger partial charge in [-0.25, -0.2) is 4.98 Å². The Bertz CT molecular complexity index is 405. The maximum atomic E-state index is 5.92. The number of anilines is 1. The Labute approximate surface area is 113 Å². The molecule has 6 heteroatoms. The van der Waals surface area contributed by atoms with Crippen molar-refractivity contribution in [2.45, 2.75) is 45.3 Å². The topological polar surface area (TPSA) is 64.3 Å². The summed E-state index contributed by atoms with van der Waals surface area (Å²) in [5.74, 6) is 1.29. The van der Waals surface area contributed by atoms with Gasteiger partial charge in [-0.3, -0.25) is 0 Å². The smallest absolute Gasteiger partial charge is 0.205 e. The number of morpholine rings is 1. The van der Waals surface area contributed by atoms with Crippen molar-refractivity contribution < 1.29 is 4.74 Å². The van der Waals surface area contributed by atoms with E-state index in [1.807, 2.05) is 0 Å². The van der Waals surface area contributed by atoms with Gasteiger partial charge in [-0.15, -0.1) is 0 Å². The largest absolute Gasteiger partial charge is 0.367 e. The highest BCUT2D eigenvalue weighted by molar-refractivity contribution is 7.09. The molecule has 102 valence electrons. The second kappa shape index (κ2) is 5.11. The van der Waals surface area contributed by atoms with Crippen LogP contribution in [0.1, 0.15) is 39.4 Å². The van der Waals surface area contributed by atoms with Gasteiger partial charge in [-0.2, -0.15) is 4.37 Å². The van der Waals surface area contributed by atoms with E-state index >= 15 is 0 Å². The summed E-state index contributed by atoms with van der Waals surface area (Å²) in [6, 6.07) is 0. The molecule has 1 fully saturated rings. The maximum absolute atomic E-state index is 5.92. The predicted octanol–water partition coefficient (Wildman–Crippen LogP) is 1.60. The summed E-state index contributed by atoms with van der Waals surface area (Å²) in [6.45, 7) is 10.6. The lowest BCUT2D eigenvalue weighted by atomic mass is 10.1. The lowest BCUT2D eigenvalue weighted by Crippen LogP contribution is -2.54. The summed E-state index contributed by atoms with van der Waals surface area (Å²) in [6.07, 6.45) is 0.0696. The quantitative estimate of drug-likeness (QED) is 0.904. The third-order valence-electron chi connectivity index (χ3n) is 2.96. The molecule has 1 saturated heterocycles. The number of nitrogens with zero attached hydrogens (tertiary/aromatic N) is 3. The molecule has 2 N–H and O–H groups in total. The highest BCUT2D eigenvalue weighted by Crippen LogP contribution is 2.28. The van der Waals surface area contributed by atoms with Crippen molar-refractivity contribution in [3.63, 3.8) is 0 Å². The summed E-state index contributed by atoms with van der Waals surface area (Å²) in [5, 5.41) is 0.980. The lowest BCUT2D eigenvalue weighted by Gasteiger charge is -2.42. The van der Waals surface area contributed by atoms with Crippen molar-refractivity contribution in [3.05, 3.63) is 5.82 Å². The fourth-order valence-corrected chi connectivity index (χ4v) is 2.97. The molecule has 0 amide bonds. The first-order valence-electron chi connectivity index (χ1n) is 6.38. The summed E-state index contributed by atoms with van der Waals surface area (Å²) >= 11 is 1.47. The molecule has 18 heavy (non-hydrogen) atoms. The van der Waals surface area contributed by atoms with E-state index in [1.165, 1.54) is 11.5 Å². The van der Waals surface area contributed by atoms with Crippen LogP contribution in [-0.4, -0.2) is 40.7 Å². The van der Waals surface area contributed by atoms with Gasteiger partial charge in [0, 0.05) is 37.1 Å². The molecule has 0 saturated carbocycles. The zero-order valence-corrected chi connectivity index (χ0v) is 12.3. The van der Waals surface area contributed by atoms with Gasteiger partial charge in [0.25, 0.3) is 0 Å². The number of hydrogen-bond donors (Lipinski definition) is 1. The first-order chi connectivity index (χ1) is 8.41.